The summed E-state index contributed by atoms with van der Waals surface area (Å²) in [5.74, 6) is -0.342. The van der Waals surface area contributed by atoms with Gasteiger partial charge in [0, 0.05) is 18.7 Å². The summed E-state index contributed by atoms with van der Waals surface area (Å²) >= 11 is 6.49. The number of carboxylic acids is 1. The highest BCUT2D eigenvalue weighted by Gasteiger charge is 2.38. The van der Waals surface area contributed by atoms with Gasteiger partial charge in [-0.3, -0.25) is 9.52 Å². The predicted molar refractivity (Wildman–Crippen MR) is 146 cm³/mol. The van der Waals surface area contributed by atoms with Gasteiger partial charge in [0.05, 0.1) is 16.1 Å². The third kappa shape index (κ3) is 5.72. The number of aromatic nitrogens is 2. The molecule has 196 valence electrons. The molecule has 10 heteroatoms. The molecule has 3 heterocycles. The second-order valence-electron chi connectivity index (χ2n) is 10.7. The molecule has 1 unspecified atom stereocenters. The van der Waals surface area contributed by atoms with Crippen LogP contribution in [0.4, 0.5) is 11.6 Å². The van der Waals surface area contributed by atoms with E-state index in [0.717, 1.165) is 11.1 Å². The van der Waals surface area contributed by atoms with Crippen molar-refractivity contribution in [3.63, 3.8) is 0 Å². The Balaban J connectivity index is 1.64. The van der Waals surface area contributed by atoms with E-state index >= 15 is 0 Å². The van der Waals surface area contributed by atoms with E-state index in [0.29, 0.717) is 35.9 Å². The van der Waals surface area contributed by atoms with Crippen molar-refractivity contribution in [3.05, 3.63) is 65.2 Å². The highest BCUT2D eigenvalue weighted by molar-refractivity contribution is 7.92. The number of pyridine rings is 2. The Labute approximate surface area is 222 Å². The maximum atomic E-state index is 13.3. The maximum absolute atomic E-state index is 13.3. The smallest absolute Gasteiger partial charge is 0.311 e. The first-order valence-electron chi connectivity index (χ1n) is 12.0. The number of nitrogens with zero attached hydrogens (tertiary/aromatic N) is 3. The van der Waals surface area contributed by atoms with Gasteiger partial charge in [-0.15, -0.1) is 0 Å². The molecule has 0 aliphatic carbocycles. The molecule has 2 aromatic heterocycles. The molecule has 0 radical (unpaired) electrons. The number of aliphatic carboxylic acids is 1. The van der Waals surface area contributed by atoms with Crippen LogP contribution in [0.25, 0.3) is 11.3 Å². The van der Waals surface area contributed by atoms with E-state index in [9.17, 15) is 18.3 Å². The van der Waals surface area contributed by atoms with Crippen LogP contribution in [-0.4, -0.2) is 42.6 Å². The summed E-state index contributed by atoms with van der Waals surface area (Å²) in [7, 11) is -4.08. The van der Waals surface area contributed by atoms with Crippen LogP contribution in [0.1, 0.15) is 46.1 Å². The molecule has 8 nitrogen and oxygen atoms in total. The van der Waals surface area contributed by atoms with E-state index in [1.165, 1.54) is 12.1 Å². The minimum Gasteiger partial charge on any atom is -0.481 e. The Morgan fingerprint density at radius 3 is 2.51 bits per heavy atom. The molecular weight excluding hydrogens is 512 g/mol. The van der Waals surface area contributed by atoms with Gasteiger partial charge in [-0.2, -0.15) is 8.42 Å². The molecule has 0 amide bonds. The van der Waals surface area contributed by atoms with E-state index < -0.39 is 21.4 Å². The fourth-order valence-electron chi connectivity index (χ4n) is 4.56. The average molecular weight is 543 g/mol. The summed E-state index contributed by atoms with van der Waals surface area (Å²) in [4.78, 5) is 22.5. The zero-order chi connectivity index (χ0) is 27.0. The predicted octanol–water partition coefficient (Wildman–Crippen LogP) is 5.59. The zero-order valence-corrected chi connectivity index (χ0v) is 22.9. The second-order valence-corrected chi connectivity index (χ2v) is 12.7. The molecule has 37 heavy (non-hydrogen) atoms. The number of carbonyl (C=O) groups is 1. The summed E-state index contributed by atoms with van der Waals surface area (Å²) in [6.45, 7) is 8.82. The molecule has 0 bridgehead atoms. The van der Waals surface area contributed by atoms with Gasteiger partial charge < -0.3 is 10.0 Å². The number of carboxylic acid groups (broad SMARTS) is 1. The summed E-state index contributed by atoms with van der Waals surface area (Å²) in [6.07, 6.45) is 1.23. The van der Waals surface area contributed by atoms with E-state index in [2.05, 4.69) is 35.5 Å². The van der Waals surface area contributed by atoms with Gasteiger partial charge in [-0.05, 0) is 55.0 Å². The van der Waals surface area contributed by atoms with Gasteiger partial charge in [0.2, 0.25) is 0 Å². The SMILES string of the molecule is CC1(C(=O)O)CCCN(c2cccc(S(=O)(=O)Nc3ccc(Cl)c(-c4ccccc4C(C)(C)C)n3)n2)C1. The van der Waals surface area contributed by atoms with Gasteiger partial charge >= 0.3 is 5.97 Å². The standard InChI is InChI=1S/C27H31ClN4O4S/c1-26(2,3)19-10-6-5-9-18(19)24-20(28)13-14-21(29-24)31-37(35,36)23-12-7-11-22(30-23)32-16-8-15-27(4,17-32)25(33)34/h5-7,9-14H,8,15-17H2,1-4H3,(H,29,31)(H,33,34). The summed E-state index contributed by atoms with van der Waals surface area (Å²) < 4.78 is 29.1. The van der Waals surface area contributed by atoms with Crippen molar-refractivity contribution in [1.29, 1.82) is 0 Å². The largest absolute Gasteiger partial charge is 0.481 e. The average Bonchev–Trinajstić information content (AvgIpc) is 2.84. The third-order valence-electron chi connectivity index (χ3n) is 6.60. The molecule has 1 saturated heterocycles. The number of sulfonamides is 1. The lowest BCUT2D eigenvalue weighted by Crippen LogP contribution is -2.46. The quantitative estimate of drug-likeness (QED) is 0.417. The van der Waals surface area contributed by atoms with Gasteiger partial charge in [-0.1, -0.05) is 62.7 Å². The van der Waals surface area contributed by atoms with Crippen LogP contribution < -0.4 is 9.62 Å². The molecule has 1 aliphatic heterocycles. The number of halogens is 1. The Morgan fingerprint density at radius 2 is 1.81 bits per heavy atom. The number of rotatable bonds is 6. The summed E-state index contributed by atoms with van der Waals surface area (Å²) in [6, 6.07) is 15.6. The fraction of sp³-hybridized carbons (Fsp3) is 0.370. The Kier molecular flexibility index (Phi) is 7.23. The zero-order valence-electron chi connectivity index (χ0n) is 21.3. The van der Waals surface area contributed by atoms with Crippen LogP contribution >= 0.6 is 11.6 Å². The first-order chi connectivity index (χ1) is 17.3. The van der Waals surface area contributed by atoms with Crippen molar-refractivity contribution in [2.24, 2.45) is 5.41 Å². The van der Waals surface area contributed by atoms with E-state index in [1.807, 2.05) is 29.2 Å². The van der Waals surface area contributed by atoms with E-state index in [4.69, 9.17) is 11.6 Å². The van der Waals surface area contributed by atoms with E-state index in [-0.39, 0.29) is 22.8 Å². The van der Waals surface area contributed by atoms with E-state index in [1.54, 1.807) is 25.1 Å². The van der Waals surface area contributed by atoms with Crippen molar-refractivity contribution in [2.75, 3.05) is 22.7 Å². The minimum absolute atomic E-state index is 0.117. The normalized spacial score (nSPS) is 18.5. The van der Waals surface area contributed by atoms with Crippen LogP contribution in [0.2, 0.25) is 5.02 Å². The Morgan fingerprint density at radius 1 is 1.08 bits per heavy atom. The highest BCUT2D eigenvalue weighted by atomic mass is 35.5. The molecule has 4 rings (SSSR count). The van der Waals surface area contributed by atoms with Crippen LogP contribution in [0.3, 0.4) is 0 Å². The first kappa shape index (κ1) is 26.9. The molecule has 1 aromatic carbocycles. The highest BCUT2D eigenvalue weighted by Crippen LogP contribution is 2.36. The Bertz CT molecular complexity index is 1440. The topological polar surface area (TPSA) is 112 Å². The van der Waals surface area contributed by atoms with Crippen molar-refractivity contribution >= 4 is 39.2 Å². The van der Waals surface area contributed by atoms with Crippen molar-refractivity contribution < 1.29 is 18.3 Å². The third-order valence-corrected chi connectivity index (χ3v) is 8.16. The molecule has 1 fully saturated rings. The number of benzene rings is 1. The van der Waals surface area contributed by atoms with Crippen molar-refractivity contribution in [3.8, 4) is 11.3 Å². The summed E-state index contributed by atoms with van der Waals surface area (Å²) in [5, 5.41) is 9.86. The lowest BCUT2D eigenvalue weighted by atomic mass is 9.82. The molecule has 1 aliphatic rings. The van der Waals surface area contributed by atoms with Crippen molar-refractivity contribution in [2.45, 2.75) is 51.0 Å². The maximum Gasteiger partial charge on any atom is 0.311 e. The fourth-order valence-corrected chi connectivity index (χ4v) is 5.73. The molecule has 2 N–H and O–H groups in total. The van der Waals surface area contributed by atoms with Gasteiger partial charge in [-0.25, -0.2) is 9.97 Å². The number of nitrogens with one attached hydrogen (secondary N) is 1. The number of piperidine rings is 1. The number of hydrogen-bond acceptors (Lipinski definition) is 6. The first-order valence-corrected chi connectivity index (χ1v) is 13.9. The molecular formula is C27H31ClN4O4S. The lowest BCUT2D eigenvalue weighted by Gasteiger charge is -2.38. The minimum atomic E-state index is -4.08. The Hall–Kier alpha value is -3.17. The van der Waals surface area contributed by atoms with Crippen LogP contribution in [0, 0.1) is 5.41 Å². The summed E-state index contributed by atoms with van der Waals surface area (Å²) in [5.41, 5.74) is 1.25. The van der Waals surface area contributed by atoms with Crippen LogP contribution in [0.5, 0.6) is 0 Å². The molecule has 3 aromatic rings. The lowest BCUT2D eigenvalue weighted by molar-refractivity contribution is -0.148. The van der Waals surface area contributed by atoms with Gasteiger partial charge in [0.1, 0.15) is 11.6 Å². The van der Waals surface area contributed by atoms with Crippen LogP contribution in [0.15, 0.2) is 59.6 Å². The second kappa shape index (κ2) is 9.95. The number of hydrogen-bond donors (Lipinski definition) is 2. The van der Waals surface area contributed by atoms with Crippen LogP contribution in [-0.2, 0) is 20.2 Å². The molecule has 0 spiro atoms. The van der Waals surface area contributed by atoms with Gasteiger partial charge in [0.15, 0.2) is 5.03 Å². The van der Waals surface area contributed by atoms with Crippen molar-refractivity contribution in [1.82, 2.24) is 9.97 Å². The van der Waals surface area contributed by atoms with Gasteiger partial charge in [0.25, 0.3) is 10.0 Å². The number of anilines is 2. The molecule has 1 atom stereocenters. The monoisotopic (exact) mass is 542 g/mol. The molecule has 0 saturated carbocycles.